The normalized spacial score (nSPS) is 15.8. The maximum absolute atomic E-state index is 13.2. The Balaban J connectivity index is 5.47. The summed E-state index contributed by atoms with van der Waals surface area (Å²) in [5.41, 5.74) is 11.5. The van der Waals surface area contributed by atoms with Crippen molar-refractivity contribution in [2.75, 3.05) is 6.54 Å². The number of nitrogens with two attached hydrogens (primary N) is 2. The van der Waals surface area contributed by atoms with Gasteiger partial charge in [-0.3, -0.25) is 14.4 Å². The molecule has 0 heterocycles. The second kappa shape index (κ2) is 16.4. The predicted molar refractivity (Wildman–Crippen MR) is 133 cm³/mol. The van der Waals surface area contributed by atoms with E-state index in [0.29, 0.717) is 32.2 Å². The molecule has 0 bridgehead atoms. The van der Waals surface area contributed by atoms with E-state index in [1.807, 2.05) is 41.5 Å². The van der Waals surface area contributed by atoms with Crippen LogP contribution in [0.4, 0.5) is 0 Å². The predicted octanol–water partition coefficient (Wildman–Crippen LogP) is 1.12. The molecule has 0 spiro atoms. The van der Waals surface area contributed by atoms with E-state index in [1.165, 1.54) is 0 Å². The zero-order valence-electron chi connectivity index (χ0n) is 21.7. The lowest BCUT2D eigenvalue weighted by Gasteiger charge is -2.28. The van der Waals surface area contributed by atoms with Crippen molar-refractivity contribution in [1.82, 2.24) is 16.0 Å². The van der Waals surface area contributed by atoms with Crippen LogP contribution in [0.1, 0.15) is 80.1 Å². The summed E-state index contributed by atoms with van der Waals surface area (Å²) in [5, 5.41) is 17.5. The van der Waals surface area contributed by atoms with Gasteiger partial charge in [-0.1, -0.05) is 54.4 Å². The Morgan fingerprint density at radius 1 is 0.794 bits per heavy atom. The number of hydrogen-bond donors (Lipinski definition) is 6. The molecule has 5 atom stereocenters. The van der Waals surface area contributed by atoms with E-state index >= 15 is 0 Å². The summed E-state index contributed by atoms with van der Waals surface area (Å²) in [7, 11) is 0. The first-order chi connectivity index (χ1) is 15.8. The molecule has 3 amide bonds. The van der Waals surface area contributed by atoms with Crippen molar-refractivity contribution >= 4 is 23.7 Å². The van der Waals surface area contributed by atoms with Crippen molar-refractivity contribution in [2.45, 2.75) is 104 Å². The van der Waals surface area contributed by atoms with Crippen LogP contribution >= 0.6 is 0 Å². The summed E-state index contributed by atoms with van der Waals surface area (Å²) in [6, 6.07) is -3.60. The number of rotatable bonds is 17. The Morgan fingerprint density at radius 3 is 1.79 bits per heavy atom. The van der Waals surface area contributed by atoms with E-state index in [1.54, 1.807) is 0 Å². The molecule has 0 rings (SSSR count). The maximum Gasteiger partial charge on any atom is 0.326 e. The maximum atomic E-state index is 13.2. The molecule has 10 heteroatoms. The highest BCUT2D eigenvalue weighted by atomic mass is 16.4. The van der Waals surface area contributed by atoms with Gasteiger partial charge in [0.2, 0.25) is 17.7 Å². The second-order valence-electron chi connectivity index (χ2n) is 9.98. The highest BCUT2D eigenvalue weighted by Crippen LogP contribution is 2.12. The minimum absolute atomic E-state index is 0.0667. The minimum atomic E-state index is -1.12. The van der Waals surface area contributed by atoms with Crippen LogP contribution in [0.15, 0.2) is 0 Å². The van der Waals surface area contributed by atoms with Gasteiger partial charge in [-0.2, -0.15) is 0 Å². The van der Waals surface area contributed by atoms with Crippen LogP contribution in [0, 0.1) is 17.8 Å². The Bertz CT molecular complexity index is 656. The smallest absolute Gasteiger partial charge is 0.326 e. The lowest BCUT2D eigenvalue weighted by atomic mass is 9.96. The summed E-state index contributed by atoms with van der Waals surface area (Å²) < 4.78 is 0. The zero-order chi connectivity index (χ0) is 26.4. The monoisotopic (exact) mass is 485 g/mol. The van der Waals surface area contributed by atoms with Crippen LogP contribution < -0.4 is 27.4 Å². The van der Waals surface area contributed by atoms with E-state index in [2.05, 4.69) is 16.0 Å². The summed E-state index contributed by atoms with van der Waals surface area (Å²) >= 11 is 0. The number of carboxylic acids is 1. The molecular weight excluding hydrogens is 438 g/mol. The molecule has 34 heavy (non-hydrogen) atoms. The van der Waals surface area contributed by atoms with E-state index in [-0.39, 0.29) is 24.2 Å². The van der Waals surface area contributed by atoms with Crippen molar-refractivity contribution in [3.05, 3.63) is 0 Å². The van der Waals surface area contributed by atoms with E-state index in [0.717, 1.165) is 6.42 Å². The number of amides is 3. The number of carbonyl (C=O) groups excluding carboxylic acids is 3. The highest BCUT2D eigenvalue weighted by molar-refractivity contribution is 5.94. The van der Waals surface area contributed by atoms with Crippen molar-refractivity contribution in [3.63, 3.8) is 0 Å². The molecule has 0 aliphatic carbocycles. The summed E-state index contributed by atoms with van der Waals surface area (Å²) in [4.78, 5) is 50.3. The first-order valence-corrected chi connectivity index (χ1v) is 12.4. The Hall–Kier alpha value is -2.20. The molecule has 8 N–H and O–H groups in total. The van der Waals surface area contributed by atoms with Gasteiger partial charge in [0.25, 0.3) is 0 Å². The van der Waals surface area contributed by atoms with Gasteiger partial charge in [0, 0.05) is 0 Å². The lowest BCUT2D eigenvalue weighted by Crippen LogP contribution is -2.58. The van der Waals surface area contributed by atoms with Crippen LogP contribution in [-0.4, -0.2) is 59.5 Å². The summed E-state index contributed by atoms with van der Waals surface area (Å²) in [6.07, 6.45) is 3.15. The van der Waals surface area contributed by atoms with E-state index in [4.69, 9.17) is 11.5 Å². The minimum Gasteiger partial charge on any atom is -0.480 e. The number of carboxylic acid groups (broad SMARTS) is 1. The topological polar surface area (TPSA) is 177 Å². The van der Waals surface area contributed by atoms with Gasteiger partial charge >= 0.3 is 5.97 Å². The van der Waals surface area contributed by atoms with Crippen LogP contribution in [0.3, 0.4) is 0 Å². The van der Waals surface area contributed by atoms with Crippen molar-refractivity contribution < 1.29 is 24.3 Å². The quantitative estimate of drug-likeness (QED) is 0.167. The molecule has 198 valence electrons. The zero-order valence-corrected chi connectivity index (χ0v) is 21.7. The number of unbranched alkanes of at least 4 members (excludes halogenated alkanes) is 1. The SMILES string of the molecule is CCC(C)C(NC(=O)C(N)CCCCN)C(=O)NC(CC(C)C)C(=O)NC(CC(C)C)C(=O)O. The van der Waals surface area contributed by atoms with Gasteiger partial charge in [-0.15, -0.1) is 0 Å². The average molecular weight is 486 g/mol. The lowest BCUT2D eigenvalue weighted by molar-refractivity contribution is -0.143. The number of nitrogens with one attached hydrogen (secondary N) is 3. The van der Waals surface area contributed by atoms with Gasteiger partial charge < -0.3 is 32.5 Å². The van der Waals surface area contributed by atoms with Gasteiger partial charge in [0.05, 0.1) is 6.04 Å². The van der Waals surface area contributed by atoms with E-state index in [9.17, 15) is 24.3 Å². The van der Waals surface area contributed by atoms with Crippen LogP contribution in [0.5, 0.6) is 0 Å². The molecule has 0 aromatic rings. The fraction of sp³-hybridized carbons (Fsp3) is 0.833. The van der Waals surface area contributed by atoms with Gasteiger partial charge in [-0.05, 0) is 50.0 Å². The Kier molecular flexibility index (Phi) is 15.4. The van der Waals surface area contributed by atoms with Gasteiger partial charge in [-0.25, -0.2) is 4.79 Å². The largest absolute Gasteiger partial charge is 0.480 e. The summed E-state index contributed by atoms with van der Waals surface area (Å²) in [6.45, 7) is 11.8. The molecule has 0 radical (unpaired) electrons. The van der Waals surface area contributed by atoms with Crippen LogP contribution in [0.25, 0.3) is 0 Å². The molecule has 0 aliphatic heterocycles. The van der Waals surface area contributed by atoms with Crippen LogP contribution in [-0.2, 0) is 19.2 Å². The standard InChI is InChI=1S/C24H47N5O5/c1-7-16(6)20(29-21(30)17(26)10-8-9-11-25)23(32)27-18(12-14(2)3)22(31)28-19(24(33)34)13-15(4)5/h14-20H,7-13,25-26H2,1-6H3,(H,27,32)(H,28,31)(H,29,30)(H,33,34). The molecule has 10 nitrogen and oxygen atoms in total. The third-order valence-corrected chi connectivity index (χ3v) is 5.76. The van der Waals surface area contributed by atoms with Crippen molar-refractivity contribution in [3.8, 4) is 0 Å². The van der Waals surface area contributed by atoms with Crippen molar-refractivity contribution in [1.29, 1.82) is 0 Å². The molecular formula is C24H47N5O5. The third kappa shape index (κ3) is 12.3. The van der Waals surface area contributed by atoms with Crippen molar-refractivity contribution in [2.24, 2.45) is 29.2 Å². The Morgan fingerprint density at radius 2 is 1.32 bits per heavy atom. The molecule has 0 fully saturated rings. The average Bonchev–Trinajstić information content (AvgIpc) is 2.74. The first-order valence-electron chi connectivity index (χ1n) is 12.4. The number of carbonyl (C=O) groups is 4. The highest BCUT2D eigenvalue weighted by Gasteiger charge is 2.32. The number of hydrogen-bond acceptors (Lipinski definition) is 6. The number of aliphatic carboxylic acids is 1. The fourth-order valence-electron chi connectivity index (χ4n) is 3.53. The second-order valence-corrected chi connectivity index (χ2v) is 9.98. The molecule has 0 aromatic heterocycles. The van der Waals surface area contributed by atoms with Gasteiger partial charge in [0.15, 0.2) is 0 Å². The fourth-order valence-corrected chi connectivity index (χ4v) is 3.53. The molecule has 0 aliphatic rings. The molecule has 5 unspecified atom stereocenters. The van der Waals surface area contributed by atoms with Crippen LogP contribution in [0.2, 0.25) is 0 Å². The van der Waals surface area contributed by atoms with Gasteiger partial charge in [0.1, 0.15) is 18.1 Å². The first kappa shape index (κ1) is 31.8. The molecule has 0 aromatic carbocycles. The van der Waals surface area contributed by atoms with E-state index < -0.39 is 47.9 Å². The molecule has 0 saturated heterocycles. The Labute approximate surface area is 204 Å². The summed E-state index contributed by atoms with van der Waals surface area (Å²) in [5.74, 6) is -2.65. The third-order valence-electron chi connectivity index (χ3n) is 5.76. The molecule has 0 saturated carbocycles.